The summed E-state index contributed by atoms with van der Waals surface area (Å²) in [5.41, 5.74) is 2.63. The van der Waals surface area contributed by atoms with Crippen molar-refractivity contribution in [2.24, 2.45) is 0 Å². The van der Waals surface area contributed by atoms with Crippen molar-refractivity contribution in [2.45, 2.75) is 0 Å². The number of nitrogens with zero attached hydrogens (tertiary/aromatic N) is 1. The lowest BCUT2D eigenvalue weighted by atomic mass is 10.1. The summed E-state index contributed by atoms with van der Waals surface area (Å²) in [6.07, 6.45) is 0. The summed E-state index contributed by atoms with van der Waals surface area (Å²) >= 11 is 1.20. The Morgan fingerprint density at radius 1 is 0.905 bits per heavy atom. The number of halogens is 1. The molecule has 0 saturated heterocycles. The third-order valence-corrected chi connectivity index (χ3v) is 3.99. The summed E-state index contributed by atoms with van der Waals surface area (Å²) in [5, 5.41) is 9.28. The predicted molar refractivity (Wildman–Crippen MR) is 87.2 cm³/mol. The van der Waals surface area contributed by atoms with Crippen molar-refractivity contribution < 1.29 is 9.90 Å². The van der Waals surface area contributed by atoms with E-state index in [2.05, 4.69) is 4.98 Å². The minimum absolute atomic E-state index is 0. The van der Waals surface area contributed by atoms with Gasteiger partial charge in [0.15, 0.2) is 0 Å². The summed E-state index contributed by atoms with van der Waals surface area (Å²) in [6.45, 7) is 0. The van der Waals surface area contributed by atoms with E-state index in [1.807, 2.05) is 60.7 Å². The van der Waals surface area contributed by atoms with Crippen LogP contribution in [0.2, 0.25) is 0 Å². The van der Waals surface area contributed by atoms with Crippen LogP contribution in [0.4, 0.5) is 0 Å². The Hall–Kier alpha value is -2.17. The van der Waals surface area contributed by atoms with Gasteiger partial charge in [-0.25, -0.2) is 9.78 Å². The van der Waals surface area contributed by atoms with E-state index in [0.717, 1.165) is 21.7 Å². The van der Waals surface area contributed by atoms with Gasteiger partial charge in [0.1, 0.15) is 0 Å². The Balaban J connectivity index is 0.00000161. The van der Waals surface area contributed by atoms with Crippen LogP contribution in [0, 0.1) is 0 Å². The number of carboxylic acid groups (broad SMARTS) is 1. The summed E-state index contributed by atoms with van der Waals surface area (Å²) in [7, 11) is 0. The zero-order valence-electron chi connectivity index (χ0n) is 10.9. The van der Waals surface area contributed by atoms with Crippen LogP contribution in [0.3, 0.4) is 0 Å². The van der Waals surface area contributed by atoms with E-state index >= 15 is 0 Å². The molecule has 2 aromatic carbocycles. The van der Waals surface area contributed by atoms with E-state index in [9.17, 15) is 4.79 Å². The maximum atomic E-state index is 11.2. The fourth-order valence-electron chi connectivity index (χ4n) is 1.99. The summed E-state index contributed by atoms with van der Waals surface area (Å²) in [4.78, 5) is 16.3. The Kier molecular flexibility index (Phi) is 4.73. The Morgan fingerprint density at radius 3 is 1.95 bits per heavy atom. The molecule has 5 heteroatoms. The van der Waals surface area contributed by atoms with Gasteiger partial charge in [-0.05, 0) is 5.56 Å². The van der Waals surface area contributed by atoms with Gasteiger partial charge in [-0.2, -0.15) is 0 Å². The van der Waals surface area contributed by atoms with Gasteiger partial charge in [-0.15, -0.1) is 23.7 Å². The standard InChI is InChI=1S/C16H11NO2S.ClH/c18-16(19)15-17-13(11-7-3-1-4-8-11)14(20-15)12-9-5-2-6-10-12;/h1-10H,(H,18,19);1H. The highest BCUT2D eigenvalue weighted by atomic mass is 35.5. The second-order valence-corrected chi connectivity index (χ2v) is 5.23. The lowest BCUT2D eigenvalue weighted by molar-refractivity contribution is 0.0696. The van der Waals surface area contributed by atoms with Crippen LogP contribution in [0.15, 0.2) is 60.7 Å². The van der Waals surface area contributed by atoms with E-state index in [4.69, 9.17) is 5.11 Å². The normalized spacial score (nSPS) is 9.90. The van der Waals surface area contributed by atoms with Crippen LogP contribution in [-0.2, 0) is 0 Å². The van der Waals surface area contributed by atoms with Gasteiger partial charge in [-0.1, -0.05) is 60.7 Å². The van der Waals surface area contributed by atoms with Gasteiger partial charge in [0.25, 0.3) is 0 Å². The zero-order chi connectivity index (χ0) is 13.9. The van der Waals surface area contributed by atoms with E-state index in [0.29, 0.717) is 0 Å². The zero-order valence-corrected chi connectivity index (χ0v) is 12.5. The lowest BCUT2D eigenvalue weighted by Crippen LogP contribution is -1.94. The molecule has 0 radical (unpaired) electrons. The second kappa shape index (κ2) is 6.52. The number of carbonyl (C=O) groups is 1. The molecule has 0 aliphatic heterocycles. The first kappa shape index (κ1) is 15.2. The molecule has 0 amide bonds. The van der Waals surface area contributed by atoms with Gasteiger partial charge in [0, 0.05) is 5.56 Å². The molecular weight excluding hydrogens is 306 g/mol. The highest BCUT2D eigenvalue weighted by molar-refractivity contribution is 7.17. The number of rotatable bonds is 3. The van der Waals surface area contributed by atoms with Crippen LogP contribution in [0.25, 0.3) is 21.7 Å². The van der Waals surface area contributed by atoms with Crippen molar-refractivity contribution in [3.05, 3.63) is 65.7 Å². The molecule has 0 bridgehead atoms. The number of carboxylic acids is 1. The average molecular weight is 318 g/mol. The van der Waals surface area contributed by atoms with Gasteiger partial charge >= 0.3 is 5.97 Å². The van der Waals surface area contributed by atoms with Crippen LogP contribution in [-0.4, -0.2) is 16.1 Å². The van der Waals surface area contributed by atoms with E-state index in [1.54, 1.807) is 0 Å². The van der Waals surface area contributed by atoms with Crippen LogP contribution in [0.1, 0.15) is 9.80 Å². The van der Waals surface area contributed by atoms with E-state index in [-0.39, 0.29) is 17.4 Å². The molecule has 1 N–H and O–H groups in total. The van der Waals surface area contributed by atoms with E-state index < -0.39 is 5.97 Å². The van der Waals surface area contributed by atoms with Crippen molar-refractivity contribution in [2.75, 3.05) is 0 Å². The first-order valence-electron chi connectivity index (χ1n) is 6.10. The topological polar surface area (TPSA) is 50.2 Å². The molecule has 106 valence electrons. The Labute approximate surface area is 132 Å². The molecule has 0 aliphatic carbocycles. The van der Waals surface area contributed by atoms with Gasteiger partial charge in [0.05, 0.1) is 10.6 Å². The smallest absolute Gasteiger partial charge is 0.365 e. The molecule has 0 fully saturated rings. The molecule has 21 heavy (non-hydrogen) atoms. The third kappa shape index (κ3) is 3.12. The fourth-order valence-corrected chi connectivity index (χ4v) is 2.92. The molecule has 3 aromatic rings. The van der Waals surface area contributed by atoms with Gasteiger partial charge in [-0.3, -0.25) is 0 Å². The number of aromatic carboxylic acids is 1. The highest BCUT2D eigenvalue weighted by Gasteiger charge is 2.18. The minimum atomic E-state index is -0.991. The van der Waals surface area contributed by atoms with Gasteiger partial charge in [0.2, 0.25) is 5.01 Å². The molecular formula is C16H12ClNO2S. The third-order valence-electron chi connectivity index (χ3n) is 2.89. The van der Waals surface area contributed by atoms with Crippen molar-refractivity contribution in [3.63, 3.8) is 0 Å². The molecule has 0 spiro atoms. The molecule has 0 atom stereocenters. The fraction of sp³-hybridized carbons (Fsp3) is 0. The maximum absolute atomic E-state index is 11.2. The first-order chi connectivity index (χ1) is 9.75. The quantitative estimate of drug-likeness (QED) is 0.768. The lowest BCUT2D eigenvalue weighted by Gasteiger charge is -2.02. The van der Waals surface area contributed by atoms with Crippen molar-refractivity contribution in [3.8, 4) is 21.7 Å². The van der Waals surface area contributed by atoms with Crippen molar-refractivity contribution in [1.29, 1.82) is 0 Å². The monoisotopic (exact) mass is 317 g/mol. The maximum Gasteiger partial charge on any atom is 0.365 e. The van der Waals surface area contributed by atoms with Crippen LogP contribution < -0.4 is 0 Å². The number of aromatic nitrogens is 1. The van der Waals surface area contributed by atoms with Gasteiger partial charge < -0.3 is 5.11 Å². The largest absolute Gasteiger partial charge is 0.476 e. The molecule has 0 aliphatic rings. The number of hydrogen-bond acceptors (Lipinski definition) is 3. The molecule has 1 aromatic heterocycles. The highest BCUT2D eigenvalue weighted by Crippen LogP contribution is 2.36. The molecule has 3 rings (SSSR count). The molecule has 1 heterocycles. The predicted octanol–water partition coefficient (Wildman–Crippen LogP) is 4.60. The van der Waals surface area contributed by atoms with Crippen LogP contribution in [0.5, 0.6) is 0 Å². The van der Waals surface area contributed by atoms with Crippen molar-refractivity contribution in [1.82, 2.24) is 4.98 Å². The number of benzene rings is 2. The summed E-state index contributed by atoms with van der Waals surface area (Å²) in [6, 6.07) is 19.4. The minimum Gasteiger partial charge on any atom is -0.476 e. The van der Waals surface area contributed by atoms with Crippen LogP contribution >= 0.6 is 23.7 Å². The SMILES string of the molecule is Cl.O=C(O)c1nc(-c2ccccc2)c(-c2ccccc2)s1. The summed E-state index contributed by atoms with van der Waals surface area (Å²) < 4.78 is 0. The molecule has 3 nitrogen and oxygen atoms in total. The number of hydrogen-bond donors (Lipinski definition) is 1. The van der Waals surface area contributed by atoms with E-state index in [1.165, 1.54) is 11.3 Å². The summed E-state index contributed by atoms with van der Waals surface area (Å²) in [5.74, 6) is -0.991. The van der Waals surface area contributed by atoms with Crippen molar-refractivity contribution >= 4 is 29.7 Å². The first-order valence-corrected chi connectivity index (χ1v) is 6.92. The second-order valence-electron chi connectivity index (χ2n) is 4.23. The average Bonchev–Trinajstić information content (AvgIpc) is 2.94. The molecule has 0 unspecified atom stereocenters. The number of thiazole rings is 1. The molecule has 0 saturated carbocycles. The Bertz CT molecular complexity index is 684. The Morgan fingerprint density at radius 2 is 1.43 bits per heavy atom.